The molecule has 1 aliphatic carbocycles. The SMILES string of the molecule is Cc1cc2c(cc1C)/C(=C/C#N)CCC2. The highest BCUT2D eigenvalue weighted by Gasteiger charge is 2.14. The summed E-state index contributed by atoms with van der Waals surface area (Å²) in [4.78, 5) is 0. The van der Waals surface area contributed by atoms with E-state index in [0.717, 1.165) is 12.8 Å². The Hall–Kier alpha value is -1.55. The molecule has 0 bridgehead atoms. The molecule has 0 atom stereocenters. The van der Waals surface area contributed by atoms with Crippen LogP contribution in [0.5, 0.6) is 0 Å². The smallest absolute Gasteiger partial charge is 0.0915 e. The second-order valence-corrected chi connectivity index (χ2v) is 4.25. The molecule has 0 saturated carbocycles. The van der Waals surface area contributed by atoms with Crippen molar-refractivity contribution in [2.75, 3.05) is 0 Å². The van der Waals surface area contributed by atoms with Crippen LogP contribution in [-0.4, -0.2) is 0 Å². The van der Waals surface area contributed by atoms with Crippen molar-refractivity contribution >= 4 is 5.57 Å². The summed E-state index contributed by atoms with van der Waals surface area (Å²) in [6.45, 7) is 4.28. The molecular weight excluding hydrogens is 182 g/mol. The van der Waals surface area contributed by atoms with Gasteiger partial charge in [-0.3, -0.25) is 0 Å². The lowest BCUT2D eigenvalue weighted by atomic mass is 9.85. The van der Waals surface area contributed by atoms with Gasteiger partial charge in [-0.1, -0.05) is 12.1 Å². The van der Waals surface area contributed by atoms with Crippen LogP contribution in [0.3, 0.4) is 0 Å². The van der Waals surface area contributed by atoms with Crippen molar-refractivity contribution in [1.29, 1.82) is 5.26 Å². The highest BCUT2D eigenvalue weighted by molar-refractivity contribution is 5.72. The number of rotatable bonds is 0. The Bertz CT molecular complexity index is 461. The molecule has 1 aromatic rings. The Kier molecular flexibility index (Phi) is 2.60. The second kappa shape index (κ2) is 3.90. The molecule has 0 aromatic heterocycles. The van der Waals surface area contributed by atoms with Gasteiger partial charge < -0.3 is 0 Å². The number of nitriles is 1. The van der Waals surface area contributed by atoms with Crippen LogP contribution in [0, 0.1) is 25.2 Å². The fourth-order valence-corrected chi connectivity index (χ4v) is 2.21. The van der Waals surface area contributed by atoms with Gasteiger partial charge in [-0.15, -0.1) is 0 Å². The van der Waals surface area contributed by atoms with Gasteiger partial charge in [0.2, 0.25) is 0 Å². The summed E-state index contributed by atoms with van der Waals surface area (Å²) in [6.07, 6.45) is 5.07. The van der Waals surface area contributed by atoms with Crippen LogP contribution in [0.25, 0.3) is 5.57 Å². The van der Waals surface area contributed by atoms with Crippen molar-refractivity contribution in [3.63, 3.8) is 0 Å². The molecule has 1 nitrogen and oxygen atoms in total. The molecule has 0 amide bonds. The lowest BCUT2D eigenvalue weighted by Crippen LogP contribution is -2.03. The maximum Gasteiger partial charge on any atom is 0.0915 e. The first-order chi connectivity index (χ1) is 7.22. The Balaban J connectivity index is 2.58. The Morgan fingerprint density at radius 2 is 1.93 bits per heavy atom. The van der Waals surface area contributed by atoms with Crippen LogP contribution in [0.15, 0.2) is 18.2 Å². The molecular formula is C14H15N. The molecule has 2 rings (SSSR count). The maximum absolute atomic E-state index is 8.74. The van der Waals surface area contributed by atoms with Gasteiger partial charge in [-0.25, -0.2) is 0 Å². The number of hydrogen-bond donors (Lipinski definition) is 0. The van der Waals surface area contributed by atoms with E-state index in [-0.39, 0.29) is 0 Å². The molecule has 0 spiro atoms. The van der Waals surface area contributed by atoms with E-state index in [4.69, 9.17) is 5.26 Å². The van der Waals surface area contributed by atoms with Crippen molar-refractivity contribution in [1.82, 2.24) is 0 Å². The molecule has 0 N–H and O–H groups in total. The third-order valence-corrected chi connectivity index (χ3v) is 3.20. The van der Waals surface area contributed by atoms with Gasteiger partial charge in [0.1, 0.15) is 0 Å². The van der Waals surface area contributed by atoms with Gasteiger partial charge >= 0.3 is 0 Å². The van der Waals surface area contributed by atoms with Crippen LogP contribution in [0.2, 0.25) is 0 Å². The highest BCUT2D eigenvalue weighted by atomic mass is 14.2. The van der Waals surface area contributed by atoms with E-state index < -0.39 is 0 Å². The fourth-order valence-electron chi connectivity index (χ4n) is 2.21. The molecule has 0 saturated heterocycles. The number of nitrogens with zero attached hydrogens (tertiary/aromatic N) is 1. The van der Waals surface area contributed by atoms with E-state index in [1.54, 1.807) is 6.08 Å². The summed E-state index contributed by atoms with van der Waals surface area (Å²) in [5, 5.41) is 8.74. The first-order valence-electron chi connectivity index (χ1n) is 5.41. The zero-order valence-electron chi connectivity index (χ0n) is 9.30. The minimum absolute atomic E-state index is 1.04. The van der Waals surface area contributed by atoms with Crippen molar-refractivity contribution in [3.8, 4) is 6.07 Å². The number of allylic oxidation sites excluding steroid dienone is 2. The summed E-state index contributed by atoms with van der Waals surface area (Å²) in [5.41, 5.74) is 6.59. The Morgan fingerprint density at radius 1 is 1.20 bits per heavy atom. The van der Waals surface area contributed by atoms with E-state index in [0.29, 0.717) is 0 Å². The average Bonchev–Trinajstić information content (AvgIpc) is 2.21. The number of aryl methyl sites for hydroxylation is 3. The molecule has 76 valence electrons. The van der Waals surface area contributed by atoms with Gasteiger partial charge in [0.15, 0.2) is 0 Å². The van der Waals surface area contributed by atoms with Gasteiger partial charge in [0.25, 0.3) is 0 Å². The molecule has 1 aromatic carbocycles. The summed E-state index contributed by atoms with van der Waals surface area (Å²) in [5.74, 6) is 0. The average molecular weight is 197 g/mol. The van der Waals surface area contributed by atoms with Crippen molar-refractivity contribution in [3.05, 3.63) is 40.5 Å². The normalized spacial score (nSPS) is 17.3. The fraction of sp³-hybridized carbons (Fsp3) is 0.357. The predicted molar refractivity (Wildman–Crippen MR) is 62.4 cm³/mol. The lowest BCUT2D eigenvalue weighted by Gasteiger charge is -2.20. The van der Waals surface area contributed by atoms with E-state index in [1.807, 2.05) is 0 Å². The van der Waals surface area contributed by atoms with E-state index in [9.17, 15) is 0 Å². The molecule has 1 aliphatic rings. The highest BCUT2D eigenvalue weighted by Crippen LogP contribution is 2.32. The molecule has 1 heteroatoms. The Morgan fingerprint density at radius 3 is 2.67 bits per heavy atom. The van der Waals surface area contributed by atoms with Crippen LogP contribution in [0.1, 0.15) is 35.1 Å². The van der Waals surface area contributed by atoms with Gasteiger partial charge in [-0.2, -0.15) is 5.26 Å². The lowest BCUT2D eigenvalue weighted by molar-refractivity contribution is 0.820. The topological polar surface area (TPSA) is 23.8 Å². The van der Waals surface area contributed by atoms with Crippen LogP contribution in [0.4, 0.5) is 0 Å². The zero-order valence-corrected chi connectivity index (χ0v) is 9.30. The van der Waals surface area contributed by atoms with Gasteiger partial charge in [0.05, 0.1) is 6.07 Å². The summed E-state index contributed by atoms with van der Waals surface area (Å²) in [6, 6.07) is 6.65. The quantitative estimate of drug-likeness (QED) is 0.583. The number of fused-ring (bicyclic) bond motifs is 1. The summed E-state index contributed by atoms with van der Waals surface area (Å²) < 4.78 is 0. The van der Waals surface area contributed by atoms with Crippen molar-refractivity contribution in [2.45, 2.75) is 33.1 Å². The minimum Gasteiger partial charge on any atom is -0.193 e. The predicted octanol–water partition coefficient (Wildman–Crippen LogP) is 3.55. The van der Waals surface area contributed by atoms with E-state index >= 15 is 0 Å². The third kappa shape index (κ3) is 1.80. The molecule has 0 fully saturated rings. The van der Waals surface area contributed by atoms with E-state index in [1.165, 1.54) is 34.2 Å². The maximum atomic E-state index is 8.74. The second-order valence-electron chi connectivity index (χ2n) is 4.25. The molecule has 15 heavy (non-hydrogen) atoms. The molecule has 0 radical (unpaired) electrons. The summed E-state index contributed by atoms with van der Waals surface area (Å²) in [7, 11) is 0. The monoisotopic (exact) mass is 197 g/mol. The Labute approximate surface area is 91.0 Å². The van der Waals surface area contributed by atoms with Crippen molar-refractivity contribution in [2.24, 2.45) is 0 Å². The van der Waals surface area contributed by atoms with Gasteiger partial charge in [-0.05, 0) is 60.9 Å². The number of benzene rings is 1. The van der Waals surface area contributed by atoms with Crippen LogP contribution >= 0.6 is 0 Å². The van der Waals surface area contributed by atoms with Crippen LogP contribution < -0.4 is 0 Å². The largest absolute Gasteiger partial charge is 0.193 e. The van der Waals surface area contributed by atoms with Gasteiger partial charge in [0, 0.05) is 6.08 Å². The molecule has 0 heterocycles. The number of hydrogen-bond acceptors (Lipinski definition) is 1. The van der Waals surface area contributed by atoms with Crippen LogP contribution in [-0.2, 0) is 6.42 Å². The molecule has 0 aliphatic heterocycles. The molecule has 0 unspecified atom stereocenters. The first-order valence-corrected chi connectivity index (χ1v) is 5.41. The van der Waals surface area contributed by atoms with E-state index in [2.05, 4.69) is 32.0 Å². The zero-order chi connectivity index (χ0) is 10.8. The standard InChI is InChI=1S/C14H15N/c1-10-8-13-5-3-4-12(6-7-15)14(13)9-11(10)2/h6,8-9H,3-5H2,1-2H3/b12-6+. The van der Waals surface area contributed by atoms with Crippen molar-refractivity contribution < 1.29 is 0 Å². The first kappa shape index (κ1) is 9.98. The summed E-state index contributed by atoms with van der Waals surface area (Å²) >= 11 is 0. The minimum atomic E-state index is 1.04. The third-order valence-electron chi connectivity index (χ3n) is 3.20.